The molecule has 0 aliphatic heterocycles. The van der Waals surface area contributed by atoms with E-state index in [0.29, 0.717) is 17.2 Å². The third-order valence-corrected chi connectivity index (χ3v) is 4.64. The summed E-state index contributed by atoms with van der Waals surface area (Å²) < 4.78 is 11.1. The van der Waals surface area contributed by atoms with Gasteiger partial charge in [0.2, 0.25) is 11.5 Å². The maximum absolute atomic E-state index is 11.6. The average Bonchev–Trinajstić information content (AvgIpc) is 2.76. The number of benzene rings is 3. The Labute approximate surface area is 189 Å². The summed E-state index contributed by atoms with van der Waals surface area (Å²) >= 11 is 0. The lowest BCUT2D eigenvalue weighted by atomic mass is 10.2. The van der Waals surface area contributed by atoms with Gasteiger partial charge in [0.15, 0.2) is 0 Å². The minimum Gasteiger partial charge on any atom is -0.449 e. The van der Waals surface area contributed by atoms with Crippen LogP contribution in [-0.4, -0.2) is 19.7 Å². The second-order valence-electron chi connectivity index (χ2n) is 6.92. The molecule has 34 heavy (non-hydrogen) atoms. The van der Waals surface area contributed by atoms with Gasteiger partial charge in [0.05, 0.1) is 31.8 Å². The Morgan fingerprint density at radius 1 is 0.529 bits per heavy atom. The molecule has 0 aliphatic rings. The molecule has 0 heterocycles. The van der Waals surface area contributed by atoms with Gasteiger partial charge < -0.3 is 9.47 Å². The number of nitro benzene ring substituents is 4. The van der Waals surface area contributed by atoms with Gasteiger partial charge >= 0.3 is 11.4 Å². The van der Waals surface area contributed by atoms with Crippen LogP contribution in [0.4, 0.5) is 22.7 Å². The Morgan fingerprint density at radius 2 is 0.912 bits per heavy atom. The molecule has 3 rings (SSSR count). The molecule has 3 aromatic rings. The normalized spacial score (nSPS) is 10.4. The summed E-state index contributed by atoms with van der Waals surface area (Å²) in [6.07, 6.45) is 0. The molecule has 0 spiro atoms. The van der Waals surface area contributed by atoms with Crippen molar-refractivity contribution >= 4 is 22.7 Å². The standard InChI is InChI=1S/C20H14N4O10/c1-11-3-5-13(21(25)26)7-17(11)33-19-10-20(16(24(31)32)9-15(19)23(29)30)34-18-8-14(22(27)28)6-4-12(18)2/h3-10H,1-2H3. The lowest BCUT2D eigenvalue weighted by molar-refractivity contribution is -0.395. The number of nitrogens with zero attached hydrogens (tertiary/aromatic N) is 4. The van der Waals surface area contributed by atoms with E-state index in [1.807, 2.05) is 0 Å². The van der Waals surface area contributed by atoms with Gasteiger partial charge in [-0.1, -0.05) is 0 Å². The zero-order valence-electron chi connectivity index (χ0n) is 17.5. The van der Waals surface area contributed by atoms with Gasteiger partial charge in [-0.25, -0.2) is 0 Å². The number of non-ortho nitro benzene ring substituents is 2. The van der Waals surface area contributed by atoms with Crippen LogP contribution in [0.1, 0.15) is 11.1 Å². The number of rotatable bonds is 8. The molecule has 0 N–H and O–H groups in total. The molecule has 14 heteroatoms. The highest BCUT2D eigenvalue weighted by atomic mass is 16.6. The maximum atomic E-state index is 11.6. The fourth-order valence-electron chi connectivity index (χ4n) is 2.85. The molecule has 0 saturated heterocycles. The molecule has 174 valence electrons. The van der Waals surface area contributed by atoms with E-state index >= 15 is 0 Å². The largest absolute Gasteiger partial charge is 0.449 e. The summed E-state index contributed by atoms with van der Waals surface area (Å²) in [5, 5.41) is 45.3. The van der Waals surface area contributed by atoms with E-state index in [9.17, 15) is 40.5 Å². The van der Waals surface area contributed by atoms with Crippen LogP contribution < -0.4 is 9.47 Å². The first kappa shape index (κ1) is 23.5. The molecule has 0 bridgehead atoms. The third kappa shape index (κ3) is 4.85. The molecule has 0 unspecified atom stereocenters. The van der Waals surface area contributed by atoms with Crippen LogP contribution in [0.3, 0.4) is 0 Å². The summed E-state index contributed by atoms with van der Waals surface area (Å²) in [5.74, 6) is -1.16. The molecule has 0 atom stereocenters. The van der Waals surface area contributed by atoms with Gasteiger partial charge in [-0.05, 0) is 37.1 Å². The van der Waals surface area contributed by atoms with Gasteiger partial charge in [0.1, 0.15) is 17.6 Å². The van der Waals surface area contributed by atoms with E-state index in [1.54, 1.807) is 13.8 Å². The van der Waals surface area contributed by atoms with Crippen molar-refractivity contribution in [3.8, 4) is 23.0 Å². The van der Waals surface area contributed by atoms with Crippen LogP contribution in [0.5, 0.6) is 23.0 Å². The molecule has 14 nitrogen and oxygen atoms in total. The zero-order chi connectivity index (χ0) is 25.2. The molecule has 3 aromatic carbocycles. The maximum Gasteiger partial charge on any atom is 0.318 e. The molecule has 0 saturated carbocycles. The molecule has 0 fully saturated rings. The Hall–Kier alpha value is -5.14. The van der Waals surface area contributed by atoms with Crippen LogP contribution in [0.15, 0.2) is 48.5 Å². The molecule has 0 aliphatic carbocycles. The predicted molar refractivity (Wildman–Crippen MR) is 116 cm³/mol. The van der Waals surface area contributed by atoms with E-state index in [1.165, 1.54) is 24.3 Å². The fourth-order valence-corrected chi connectivity index (χ4v) is 2.85. The zero-order valence-corrected chi connectivity index (χ0v) is 17.5. The molecule has 0 radical (unpaired) electrons. The van der Waals surface area contributed by atoms with E-state index in [4.69, 9.17) is 9.47 Å². The Morgan fingerprint density at radius 3 is 1.24 bits per heavy atom. The topological polar surface area (TPSA) is 191 Å². The SMILES string of the molecule is Cc1ccc([N+](=O)[O-])cc1Oc1cc(Oc2cc([N+](=O)[O-])ccc2C)c([N+](=O)[O-])cc1[N+](=O)[O-]. The minimum atomic E-state index is -0.919. The van der Waals surface area contributed by atoms with Gasteiger partial charge in [0, 0.05) is 18.2 Å². The number of hydrogen-bond acceptors (Lipinski definition) is 10. The highest BCUT2D eigenvalue weighted by molar-refractivity contribution is 5.64. The lowest BCUT2D eigenvalue weighted by Gasteiger charge is -2.12. The molecule has 0 amide bonds. The van der Waals surface area contributed by atoms with E-state index < -0.39 is 42.6 Å². The van der Waals surface area contributed by atoms with Crippen molar-refractivity contribution in [2.75, 3.05) is 0 Å². The van der Waals surface area contributed by atoms with Gasteiger partial charge in [-0.2, -0.15) is 0 Å². The first-order valence-corrected chi connectivity index (χ1v) is 9.30. The number of aryl methyl sites for hydroxylation is 2. The van der Waals surface area contributed by atoms with Crippen molar-refractivity contribution in [2.24, 2.45) is 0 Å². The average molecular weight is 470 g/mol. The van der Waals surface area contributed by atoms with Gasteiger partial charge in [-0.15, -0.1) is 0 Å². The van der Waals surface area contributed by atoms with Gasteiger partial charge in [-0.3, -0.25) is 40.5 Å². The van der Waals surface area contributed by atoms with Crippen molar-refractivity contribution in [1.29, 1.82) is 0 Å². The fraction of sp³-hybridized carbons (Fsp3) is 0.100. The first-order valence-electron chi connectivity index (χ1n) is 9.30. The van der Waals surface area contributed by atoms with E-state index in [0.717, 1.165) is 18.2 Å². The monoisotopic (exact) mass is 470 g/mol. The summed E-state index contributed by atoms with van der Waals surface area (Å²) in [6, 6.07) is 8.76. The predicted octanol–water partition coefficient (Wildman–Crippen LogP) is 5.52. The van der Waals surface area contributed by atoms with Crippen molar-refractivity contribution in [3.63, 3.8) is 0 Å². The van der Waals surface area contributed by atoms with Crippen LogP contribution in [0.2, 0.25) is 0 Å². The molecular weight excluding hydrogens is 456 g/mol. The van der Waals surface area contributed by atoms with Crippen molar-refractivity contribution in [1.82, 2.24) is 0 Å². The second kappa shape index (κ2) is 9.15. The third-order valence-electron chi connectivity index (χ3n) is 4.64. The van der Waals surface area contributed by atoms with E-state index in [2.05, 4.69) is 0 Å². The van der Waals surface area contributed by atoms with Gasteiger partial charge in [0.25, 0.3) is 11.4 Å². The Kier molecular flexibility index (Phi) is 6.33. The lowest BCUT2D eigenvalue weighted by Crippen LogP contribution is -2.01. The van der Waals surface area contributed by atoms with Crippen molar-refractivity contribution in [3.05, 3.63) is 100 Å². The Balaban J connectivity index is 2.16. The summed E-state index contributed by atoms with van der Waals surface area (Å²) in [4.78, 5) is 42.1. The minimum absolute atomic E-state index is 0.0939. The summed E-state index contributed by atoms with van der Waals surface area (Å²) in [7, 11) is 0. The Bertz CT molecular complexity index is 1260. The van der Waals surface area contributed by atoms with Crippen LogP contribution in [0, 0.1) is 54.3 Å². The number of hydrogen-bond donors (Lipinski definition) is 0. The molecular formula is C20H14N4O10. The quantitative estimate of drug-likeness (QED) is 0.299. The highest BCUT2D eigenvalue weighted by Crippen LogP contribution is 2.44. The highest BCUT2D eigenvalue weighted by Gasteiger charge is 2.29. The van der Waals surface area contributed by atoms with E-state index in [-0.39, 0.29) is 22.9 Å². The van der Waals surface area contributed by atoms with Crippen molar-refractivity contribution in [2.45, 2.75) is 13.8 Å². The van der Waals surface area contributed by atoms with Crippen LogP contribution >= 0.6 is 0 Å². The van der Waals surface area contributed by atoms with Crippen LogP contribution in [-0.2, 0) is 0 Å². The second-order valence-corrected chi connectivity index (χ2v) is 6.92. The molecule has 0 aromatic heterocycles. The van der Waals surface area contributed by atoms with Crippen LogP contribution in [0.25, 0.3) is 0 Å². The number of ether oxygens (including phenoxy) is 2. The summed E-state index contributed by atoms with van der Waals surface area (Å²) in [5.41, 5.74) is -1.46. The smallest absolute Gasteiger partial charge is 0.318 e. The number of nitro groups is 4. The van der Waals surface area contributed by atoms with Crippen molar-refractivity contribution < 1.29 is 29.2 Å². The summed E-state index contributed by atoms with van der Waals surface area (Å²) in [6.45, 7) is 3.08. The first-order chi connectivity index (χ1) is 16.0.